The lowest BCUT2D eigenvalue weighted by molar-refractivity contribution is -0.385. The Bertz CT molecular complexity index is 559. The number of nitro benzene ring substituents is 1. The summed E-state index contributed by atoms with van der Waals surface area (Å²) in [5.74, 6) is -0.161. The second-order valence-electron chi connectivity index (χ2n) is 5.58. The minimum atomic E-state index is -0.600. The van der Waals surface area contributed by atoms with Gasteiger partial charge >= 0.3 is 0 Å². The van der Waals surface area contributed by atoms with E-state index in [2.05, 4.69) is 5.32 Å². The lowest BCUT2D eigenvalue weighted by atomic mass is 9.84. The predicted octanol–water partition coefficient (Wildman–Crippen LogP) is 2.36. The van der Waals surface area contributed by atoms with E-state index in [-0.39, 0.29) is 17.6 Å². The highest BCUT2D eigenvalue weighted by atomic mass is 16.6. The smallest absolute Gasteiger partial charge is 0.274 e. The zero-order valence-corrected chi connectivity index (χ0v) is 11.7. The normalized spacial score (nSPS) is 25.4. The van der Waals surface area contributed by atoms with Crippen molar-refractivity contribution in [1.82, 2.24) is 0 Å². The first-order chi connectivity index (χ1) is 9.36. The number of anilines is 1. The van der Waals surface area contributed by atoms with Crippen molar-refractivity contribution in [2.45, 2.75) is 39.2 Å². The van der Waals surface area contributed by atoms with Gasteiger partial charge < -0.3 is 11.1 Å². The van der Waals surface area contributed by atoms with Gasteiger partial charge in [0.25, 0.3) is 5.69 Å². The highest BCUT2D eigenvalue weighted by Crippen LogP contribution is 2.38. The minimum Gasteiger partial charge on any atom is -0.327 e. The summed E-state index contributed by atoms with van der Waals surface area (Å²) >= 11 is 0. The first-order valence-corrected chi connectivity index (χ1v) is 6.67. The zero-order valence-electron chi connectivity index (χ0n) is 11.7. The van der Waals surface area contributed by atoms with Crippen LogP contribution in [0.4, 0.5) is 11.4 Å². The number of nitro groups is 1. The molecular weight excluding hydrogens is 258 g/mol. The quantitative estimate of drug-likeness (QED) is 0.654. The fourth-order valence-corrected chi connectivity index (χ4v) is 2.70. The molecular formula is C14H19N3O3. The summed E-state index contributed by atoms with van der Waals surface area (Å²) in [7, 11) is 0. The molecule has 0 saturated heterocycles. The fraction of sp³-hybridized carbons (Fsp3) is 0.500. The second kappa shape index (κ2) is 5.20. The van der Waals surface area contributed by atoms with Gasteiger partial charge in [-0.05, 0) is 32.8 Å². The number of nitrogens with two attached hydrogens (primary N) is 1. The van der Waals surface area contributed by atoms with Gasteiger partial charge in [-0.3, -0.25) is 14.9 Å². The van der Waals surface area contributed by atoms with Crippen molar-refractivity contribution in [2.75, 3.05) is 5.32 Å². The molecule has 0 heterocycles. The molecule has 0 bridgehead atoms. The molecule has 0 aromatic heterocycles. The summed E-state index contributed by atoms with van der Waals surface area (Å²) in [4.78, 5) is 22.9. The molecule has 1 aliphatic rings. The van der Waals surface area contributed by atoms with E-state index < -0.39 is 10.3 Å². The zero-order chi connectivity index (χ0) is 14.9. The third kappa shape index (κ3) is 2.38. The summed E-state index contributed by atoms with van der Waals surface area (Å²) in [5, 5.41) is 13.7. The van der Waals surface area contributed by atoms with E-state index in [4.69, 9.17) is 5.73 Å². The molecule has 2 rings (SSSR count). The van der Waals surface area contributed by atoms with Crippen LogP contribution < -0.4 is 11.1 Å². The molecule has 6 nitrogen and oxygen atoms in total. The van der Waals surface area contributed by atoms with Gasteiger partial charge in [-0.2, -0.15) is 0 Å². The Morgan fingerprint density at radius 2 is 2.25 bits per heavy atom. The maximum atomic E-state index is 12.4. The first kappa shape index (κ1) is 14.5. The number of benzene rings is 1. The topological polar surface area (TPSA) is 98.3 Å². The Labute approximate surface area is 117 Å². The number of carbonyl (C=O) groups is 1. The van der Waals surface area contributed by atoms with Crippen molar-refractivity contribution in [3.05, 3.63) is 33.9 Å². The maximum Gasteiger partial charge on any atom is 0.274 e. The lowest BCUT2D eigenvalue weighted by Gasteiger charge is -2.27. The Morgan fingerprint density at radius 1 is 1.55 bits per heavy atom. The number of hydrogen-bond acceptors (Lipinski definition) is 4. The Morgan fingerprint density at radius 3 is 2.80 bits per heavy atom. The number of nitrogens with zero attached hydrogens (tertiary/aromatic N) is 1. The van der Waals surface area contributed by atoms with Crippen molar-refractivity contribution in [1.29, 1.82) is 0 Å². The van der Waals surface area contributed by atoms with Crippen LogP contribution in [0.1, 0.15) is 31.7 Å². The average Bonchev–Trinajstić information content (AvgIpc) is 2.73. The van der Waals surface area contributed by atoms with Crippen LogP contribution in [0.3, 0.4) is 0 Å². The van der Waals surface area contributed by atoms with E-state index in [1.165, 1.54) is 6.07 Å². The SMILES string of the molecule is Cc1c(NC(=O)C2(C)CCCC2N)cccc1[N+](=O)[O-]. The maximum absolute atomic E-state index is 12.4. The Hall–Kier alpha value is -1.95. The molecule has 1 aromatic carbocycles. The highest BCUT2D eigenvalue weighted by Gasteiger charge is 2.43. The summed E-state index contributed by atoms with van der Waals surface area (Å²) in [6.07, 6.45) is 2.50. The van der Waals surface area contributed by atoms with E-state index in [0.29, 0.717) is 11.3 Å². The molecule has 1 aromatic rings. The molecule has 108 valence electrons. The number of carbonyl (C=O) groups excluding carboxylic acids is 1. The van der Waals surface area contributed by atoms with Crippen LogP contribution in [0.25, 0.3) is 0 Å². The molecule has 2 atom stereocenters. The van der Waals surface area contributed by atoms with Crippen molar-refractivity contribution < 1.29 is 9.72 Å². The summed E-state index contributed by atoms with van der Waals surface area (Å²) in [6, 6.07) is 4.50. The largest absolute Gasteiger partial charge is 0.327 e. The third-order valence-corrected chi connectivity index (χ3v) is 4.30. The first-order valence-electron chi connectivity index (χ1n) is 6.67. The van der Waals surface area contributed by atoms with Gasteiger partial charge in [-0.1, -0.05) is 12.5 Å². The molecule has 1 amide bonds. The van der Waals surface area contributed by atoms with Gasteiger partial charge in [-0.15, -0.1) is 0 Å². The number of rotatable bonds is 3. The van der Waals surface area contributed by atoms with Crippen LogP contribution >= 0.6 is 0 Å². The van der Waals surface area contributed by atoms with E-state index in [1.54, 1.807) is 19.1 Å². The van der Waals surface area contributed by atoms with Gasteiger partial charge in [0.05, 0.1) is 21.6 Å². The molecule has 1 aliphatic carbocycles. The van der Waals surface area contributed by atoms with E-state index >= 15 is 0 Å². The van der Waals surface area contributed by atoms with Gasteiger partial charge in [0, 0.05) is 12.1 Å². The van der Waals surface area contributed by atoms with Crippen LogP contribution in [0.5, 0.6) is 0 Å². The van der Waals surface area contributed by atoms with Crippen LogP contribution in [0.2, 0.25) is 0 Å². The van der Waals surface area contributed by atoms with Crippen molar-refractivity contribution >= 4 is 17.3 Å². The van der Waals surface area contributed by atoms with E-state index in [0.717, 1.165) is 19.3 Å². The Kier molecular flexibility index (Phi) is 3.76. The Balaban J connectivity index is 2.25. The summed E-state index contributed by atoms with van der Waals surface area (Å²) in [5.41, 5.74) is 6.35. The summed E-state index contributed by atoms with van der Waals surface area (Å²) in [6.45, 7) is 3.48. The van der Waals surface area contributed by atoms with Crippen LogP contribution in [0, 0.1) is 22.5 Å². The van der Waals surface area contributed by atoms with Crippen molar-refractivity contribution in [3.8, 4) is 0 Å². The number of hydrogen-bond donors (Lipinski definition) is 2. The standard InChI is InChI=1S/C14H19N3O3/c1-9-10(5-3-6-11(9)17(19)20)16-13(18)14(2)8-4-7-12(14)15/h3,5-6,12H,4,7-8,15H2,1-2H3,(H,16,18). The highest BCUT2D eigenvalue weighted by molar-refractivity contribution is 5.96. The van der Waals surface area contributed by atoms with Gasteiger partial charge in [-0.25, -0.2) is 0 Å². The molecule has 2 unspecified atom stereocenters. The minimum absolute atomic E-state index is 0.00340. The number of nitrogens with one attached hydrogen (secondary N) is 1. The van der Waals surface area contributed by atoms with E-state index in [1.807, 2.05) is 6.92 Å². The van der Waals surface area contributed by atoms with Crippen LogP contribution in [-0.2, 0) is 4.79 Å². The van der Waals surface area contributed by atoms with Crippen LogP contribution in [-0.4, -0.2) is 16.9 Å². The average molecular weight is 277 g/mol. The van der Waals surface area contributed by atoms with Gasteiger partial charge in [0.1, 0.15) is 0 Å². The van der Waals surface area contributed by atoms with Crippen LogP contribution in [0.15, 0.2) is 18.2 Å². The predicted molar refractivity (Wildman–Crippen MR) is 76.4 cm³/mol. The third-order valence-electron chi connectivity index (χ3n) is 4.30. The molecule has 1 fully saturated rings. The number of amides is 1. The molecule has 3 N–H and O–H groups in total. The van der Waals surface area contributed by atoms with E-state index in [9.17, 15) is 14.9 Å². The van der Waals surface area contributed by atoms with Gasteiger partial charge in [0.15, 0.2) is 0 Å². The van der Waals surface area contributed by atoms with Crippen molar-refractivity contribution in [3.63, 3.8) is 0 Å². The van der Waals surface area contributed by atoms with Gasteiger partial charge in [0.2, 0.25) is 5.91 Å². The lowest BCUT2D eigenvalue weighted by Crippen LogP contribution is -2.44. The molecule has 0 radical (unpaired) electrons. The molecule has 6 heteroatoms. The molecule has 0 spiro atoms. The fourth-order valence-electron chi connectivity index (χ4n) is 2.70. The second-order valence-corrected chi connectivity index (χ2v) is 5.58. The monoisotopic (exact) mass is 277 g/mol. The molecule has 1 saturated carbocycles. The molecule has 20 heavy (non-hydrogen) atoms. The summed E-state index contributed by atoms with van der Waals surface area (Å²) < 4.78 is 0. The molecule has 0 aliphatic heterocycles. The van der Waals surface area contributed by atoms with Crippen molar-refractivity contribution in [2.24, 2.45) is 11.1 Å².